The lowest BCUT2D eigenvalue weighted by molar-refractivity contribution is 0.0488. The van der Waals surface area contributed by atoms with Crippen molar-refractivity contribution in [3.63, 3.8) is 0 Å². The lowest BCUT2D eigenvalue weighted by atomic mass is 9.75. The molecule has 3 aromatic rings. The molecule has 1 aliphatic rings. The molecule has 1 aliphatic carbocycles. The molecule has 4 rings (SSSR count). The standard InChI is InChI=1S/C31H40FN2O2P/c1-22(2)27-20-15-23(3)21-30(27)36-37(35,26-18-16-25(17-19-26)34(4)5)31(28-13-9-10-14-29(28)32)33-24-11-7-6-8-12-24/h6-14,16-19,22-23,27,30-31,33H,15,20-21H2,1-5H3/t23-,27-,30-,31-,37-/m1/s1. The Hall–Kier alpha value is -2.62. The Balaban J connectivity index is 1.86. The molecule has 198 valence electrons. The highest BCUT2D eigenvalue weighted by molar-refractivity contribution is 7.67. The summed E-state index contributed by atoms with van der Waals surface area (Å²) in [6.07, 6.45) is 2.86. The van der Waals surface area contributed by atoms with E-state index in [0.29, 0.717) is 28.6 Å². The molecule has 1 N–H and O–H groups in total. The number of hydrogen-bond donors (Lipinski definition) is 1. The van der Waals surface area contributed by atoms with E-state index in [2.05, 4.69) is 26.1 Å². The van der Waals surface area contributed by atoms with Crippen molar-refractivity contribution in [2.45, 2.75) is 51.9 Å². The maximum absolute atomic E-state index is 15.4. The van der Waals surface area contributed by atoms with Crippen LogP contribution in [-0.4, -0.2) is 20.2 Å². The highest BCUT2D eigenvalue weighted by Crippen LogP contribution is 2.62. The van der Waals surface area contributed by atoms with Crippen molar-refractivity contribution in [1.82, 2.24) is 0 Å². The highest BCUT2D eigenvalue weighted by Gasteiger charge is 2.44. The minimum atomic E-state index is -3.69. The first-order valence-corrected chi connectivity index (χ1v) is 15.0. The Morgan fingerprint density at radius 2 is 1.59 bits per heavy atom. The SMILES string of the molecule is CC(C)[C@H]1CC[C@@H](C)C[C@H]1O[P@](=O)(c1ccc(N(C)C)cc1)[C@@H](Nc1ccccc1)c1ccccc1F. The molecule has 0 radical (unpaired) electrons. The lowest BCUT2D eigenvalue weighted by Gasteiger charge is -2.41. The zero-order chi connectivity index (χ0) is 26.6. The van der Waals surface area contributed by atoms with Crippen LogP contribution in [0.4, 0.5) is 15.8 Å². The Bertz CT molecular complexity index is 1200. The van der Waals surface area contributed by atoms with Crippen LogP contribution in [0.3, 0.4) is 0 Å². The van der Waals surface area contributed by atoms with Crippen LogP contribution in [0.25, 0.3) is 0 Å². The average molecular weight is 523 g/mol. The van der Waals surface area contributed by atoms with Gasteiger partial charge in [0.1, 0.15) is 11.6 Å². The van der Waals surface area contributed by atoms with Crippen molar-refractivity contribution in [3.8, 4) is 0 Å². The minimum absolute atomic E-state index is 0.171. The van der Waals surface area contributed by atoms with Crippen molar-refractivity contribution >= 4 is 24.0 Å². The van der Waals surface area contributed by atoms with Crippen LogP contribution in [0.15, 0.2) is 78.9 Å². The molecule has 0 bridgehead atoms. The second kappa shape index (κ2) is 11.8. The van der Waals surface area contributed by atoms with Gasteiger partial charge in [0.05, 0.1) is 6.10 Å². The molecular formula is C31H40FN2O2P. The van der Waals surface area contributed by atoms with Crippen LogP contribution in [0.1, 0.15) is 51.4 Å². The summed E-state index contributed by atoms with van der Waals surface area (Å²) >= 11 is 0. The minimum Gasteiger partial charge on any atom is -0.378 e. The maximum Gasteiger partial charge on any atom is 0.258 e. The van der Waals surface area contributed by atoms with Gasteiger partial charge >= 0.3 is 0 Å². The molecule has 1 saturated carbocycles. The third-order valence-electron chi connectivity index (χ3n) is 7.60. The van der Waals surface area contributed by atoms with Gasteiger partial charge < -0.3 is 14.7 Å². The zero-order valence-corrected chi connectivity index (χ0v) is 23.5. The molecule has 5 atom stereocenters. The largest absolute Gasteiger partial charge is 0.378 e. The van der Waals surface area contributed by atoms with Gasteiger partial charge in [-0.25, -0.2) is 4.39 Å². The number of hydrogen-bond acceptors (Lipinski definition) is 4. The first kappa shape index (κ1) is 27.4. The quantitative estimate of drug-likeness (QED) is 0.289. The first-order chi connectivity index (χ1) is 17.7. The predicted octanol–water partition coefficient (Wildman–Crippen LogP) is 8.08. The molecule has 0 unspecified atom stereocenters. The van der Waals surface area contributed by atoms with E-state index in [1.807, 2.05) is 73.6 Å². The average Bonchev–Trinajstić information content (AvgIpc) is 2.88. The molecule has 0 saturated heterocycles. The molecule has 0 heterocycles. The van der Waals surface area contributed by atoms with Crippen molar-refractivity contribution in [2.24, 2.45) is 17.8 Å². The van der Waals surface area contributed by atoms with Gasteiger partial charge in [0.25, 0.3) is 7.37 Å². The molecule has 4 nitrogen and oxygen atoms in total. The summed E-state index contributed by atoms with van der Waals surface area (Å²) in [7, 11) is 0.258. The number of benzene rings is 3. The Morgan fingerprint density at radius 3 is 2.22 bits per heavy atom. The summed E-state index contributed by atoms with van der Waals surface area (Å²) in [6, 6.07) is 23.8. The summed E-state index contributed by atoms with van der Waals surface area (Å²) in [6.45, 7) is 6.66. The topological polar surface area (TPSA) is 41.6 Å². The van der Waals surface area contributed by atoms with Gasteiger partial charge in [0, 0.05) is 36.3 Å². The van der Waals surface area contributed by atoms with Gasteiger partial charge in [0.2, 0.25) is 0 Å². The Morgan fingerprint density at radius 1 is 0.946 bits per heavy atom. The van der Waals surface area contributed by atoms with E-state index in [1.165, 1.54) is 6.07 Å². The maximum atomic E-state index is 15.4. The molecule has 6 heteroatoms. The molecule has 0 aromatic heterocycles. The van der Waals surface area contributed by atoms with Crippen molar-refractivity contribution in [2.75, 3.05) is 24.3 Å². The monoisotopic (exact) mass is 522 g/mol. The van der Waals surface area contributed by atoms with E-state index in [9.17, 15) is 0 Å². The number of rotatable bonds is 9. The van der Waals surface area contributed by atoms with E-state index in [4.69, 9.17) is 4.52 Å². The Kier molecular flexibility index (Phi) is 8.77. The molecule has 3 aromatic carbocycles. The molecule has 37 heavy (non-hydrogen) atoms. The number of halogens is 1. The van der Waals surface area contributed by atoms with Crippen molar-refractivity contribution in [1.29, 1.82) is 0 Å². The van der Waals surface area contributed by atoms with Crippen LogP contribution in [0, 0.1) is 23.6 Å². The van der Waals surface area contributed by atoms with Crippen LogP contribution in [0.5, 0.6) is 0 Å². The van der Waals surface area contributed by atoms with Crippen molar-refractivity contribution < 1.29 is 13.5 Å². The van der Waals surface area contributed by atoms with E-state index in [-0.39, 0.29) is 6.10 Å². The van der Waals surface area contributed by atoms with Gasteiger partial charge in [-0.05, 0) is 73.1 Å². The van der Waals surface area contributed by atoms with Gasteiger partial charge in [-0.2, -0.15) is 0 Å². The number of anilines is 2. The number of para-hydroxylation sites is 1. The van der Waals surface area contributed by atoms with Gasteiger partial charge in [-0.3, -0.25) is 4.57 Å². The van der Waals surface area contributed by atoms with Crippen LogP contribution < -0.4 is 15.5 Å². The van der Waals surface area contributed by atoms with Gasteiger partial charge in [0.15, 0.2) is 0 Å². The summed E-state index contributed by atoms with van der Waals surface area (Å²) in [5.41, 5.74) is 2.11. The zero-order valence-electron chi connectivity index (χ0n) is 22.6. The summed E-state index contributed by atoms with van der Waals surface area (Å²) in [5, 5.41) is 4.01. The first-order valence-electron chi connectivity index (χ1n) is 13.3. The van der Waals surface area contributed by atoms with Gasteiger partial charge in [-0.1, -0.05) is 63.6 Å². The summed E-state index contributed by atoms with van der Waals surface area (Å²) in [5.74, 6) is -0.105. The molecular weight excluding hydrogens is 482 g/mol. The predicted molar refractivity (Wildman–Crippen MR) is 153 cm³/mol. The molecule has 0 amide bonds. The summed E-state index contributed by atoms with van der Waals surface area (Å²) < 4.78 is 37.7. The third kappa shape index (κ3) is 6.27. The van der Waals surface area contributed by atoms with Crippen molar-refractivity contribution in [3.05, 3.63) is 90.2 Å². The summed E-state index contributed by atoms with van der Waals surface area (Å²) in [4.78, 5) is 2.00. The smallest absolute Gasteiger partial charge is 0.258 e. The molecule has 0 aliphatic heterocycles. The van der Waals surface area contributed by atoms with E-state index in [1.54, 1.807) is 18.2 Å². The van der Waals surface area contributed by atoms with E-state index < -0.39 is 19.0 Å². The van der Waals surface area contributed by atoms with Crippen LogP contribution >= 0.6 is 7.37 Å². The normalized spacial score (nSPS) is 22.3. The molecule has 1 fully saturated rings. The fourth-order valence-electron chi connectivity index (χ4n) is 5.40. The number of nitrogens with one attached hydrogen (secondary N) is 1. The highest BCUT2D eigenvalue weighted by atomic mass is 31.2. The second-order valence-electron chi connectivity index (χ2n) is 10.9. The lowest BCUT2D eigenvalue weighted by Crippen LogP contribution is -2.36. The molecule has 0 spiro atoms. The van der Waals surface area contributed by atoms with E-state index >= 15 is 8.96 Å². The fraction of sp³-hybridized carbons (Fsp3) is 0.419. The van der Waals surface area contributed by atoms with Crippen LogP contribution in [0.2, 0.25) is 0 Å². The van der Waals surface area contributed by atoms with E-state index in [0.717, 1.165) is 30.6 Å². The van der Waals surface area contributed by atoms with Gasteiger partial charge in [-0.15, -0.1) is 0 Å². The third-order valence-corrected chi connectivity index (χ3v) is 10.3. The van der Waals surface area contributed by atoms with Crippen LogP contribution in [-0.2, 0) is 9.09 Å². The number of nitrogens with zero attached hydrogens (tertiary/aromatic N) is 1. The second-order valence-corrected chi connectivity index (χ2v) is 13.3. The Labute approximate surface area is 221 Å². The fourth-order valence-corrected chi connectivity index (χ4v) is 8.05.